The van der Waals surface area contributed by atoms with E-state index < -0.39 is 0 Å². The molecule has 98 valence electrons. The summed E-state index contributed by atoms with van der Waals surface area (Å²) in [7, 11) is 0. The third-order valence-corrected chi connectivity index (χ3v) is 2.94. The highest BCUT2D eigenvalue weighted by Crippen LogP contribution is 2.12. The molecular formula is C15H16N2O2. The Morgan fingerprint density at radius 3 is 2.79 bits per heavy atom. The molecule has 2 rings (SSSR count). The minimum atomic E-state index is -0.355. The second-order valence-electron chi connectivity index (χ2n) is 4.30. The Hall–Kier alpha value is -2.36. The standard InChI is InChI=1S/C15H16N2O2/c1-11-5-2-3-6-12(11)8-10-17-15(19)14-13(18)7-4-9-16-14/h2-7,9,18H,8,10H2,1H3,(H,17,19). The van der Waals surface area contributed by atoms with Gasteiger partial charge >= 0.3 is 0 Å². The lowest BCUT2D eigenvalue weighted by atomic mass is 10.1. The quantitative estimate of drug-likeness (QED) is 0.880. The molecule has 4 heteroatoms. The van der Waals surface area contributed by atoms with Crippen LogP contribution in [0.15, 0.2) is 42.6 Å². The summed E-state index contributed by atoms with van der Waals surface area (Å²) in [6.07, 6.45) is 2.24. The molecule has 1 aromatic heterocycles. The van der Waals surface area contributed by atoms with Crippen LogP contribution in [0.4, 0.5) is 0 Å². The molecule has 1 aromatic carbocycles. The minimum Gasteiger partial charge on any atom is -0.505 e. The summed E-state index contributed by atoms with van der Waals surface area (Å²) in [5.41, 5.74) is 2.47. The molecule has 0 saturated heterocycles. The van der Waals surface area contributed by atoms with Gasteiger partial charge in [0.25, 0.3) is 5.91 Å². The number of benzene rings is 1. The van der Waals surface area contributed by atoms with E-state index in [2.05, 4.69) is 10.3 Å². The molecule has 0 radical (unpaired) electrons. The van der Waals surface area contributed by atoms with Gasteiger partial charge in [0.05, 0.1) is 0 Å². The average Bonchev–Trinajstić information content (AvgIpc) is 2.41. The van der Waals surface area contributed by atoms with E-state index in [1.54, 1.807) is 6.07 Å². The molecule has 0 aliphatic heterocycles. The zero-order valence-electron chi connectivity index (χ0n) is 10.8. The van der Waals surface area contributed by atoms with Crippen LogP contribution >= 0.6 is 0 Å². The number of amides is 1. The van der Waals surface area contributed by atoms with Crippen molar-refractivity contribution in [3.8, 4) is 5.75 Å². The number of carbonyl (C=O) groups is 1. The SMILES string of the molecule is Cc1ccccc1CCNC(=O)c1ncccc1O. The van der Waals surface area contributed by atoms with Gasteiger partial charge in [-0.25, -0.2) is 4.98 Å². The number of carbonyl (C=O) groups excluding carboxylic acids is 1. The number of rotatable bonds is 4. The van der Waals surface area contributed by atoms with Crippen molar-refractivity contribution in [3.05, 3.63) is 59.4 Å². The fourth-order valence-corrected chi connectivity index (χ4v) is 1.86. The first-order valence-corrected chi connectivity index (χ1v) is 6.15. The number of pyridine rings is 1. The Kier molecular flexibility index (Phi) is 4.13. The van der Waals surface area contributed by atoms with E-state index in [9.17, 15) is 9.90 Å². The van der Waals surface area contributed by atoms with E-state index >= 15 is 0 Å². The fraction of sp³-hybridized carbons (Fsp3) is 0.200. The molecule has 4 nitrogen and oxygen atoms in total. The lowest BCUT2D eigenvalue weighted by molar-refractivity contribution is 0.0946. The molecule has 2 aromatic rings. The highest BCUT2D eigenvalue weighted by atomic mass is 16.3. The van der Waals surface area contributed by atoms with Crippen LogP contribution in [0.2, 0.25) is 0 Å². The number of nitrogens with zero attached hydrogens (tertiary/aromatic N) is 1. The van der Waals surface area contributed by atoms with Crippen molar-refractivity contribution in [1.82, 2.24) is 10.3 Å². The molecule has 19 heavy (non-hydrogen) atoms. The molecule has 0 saturated carbocycles. The van der Waals surface area contributed by atoms with E-state index in [4.69, 9.17) is 0 Å². The summed E-state index contributed by atoms with van der Waals surface area (Å²) in [4.78, 5) is 15.7. The Morgan fingerprint density at radius 1 is 1.26 bits per heavy atom. The molecule has 2 N–H and O–H groups in total. The third-order valence-electron chi connectivity index (χ3n) is 2.94. The molecule has 0 aliphatic carbocycles. The number of aryl methyl sites for hydroxylation is 1. The molecule has 0 fully saturated rings. The van der Waals surface area contributed by atoms with E-state index in [0.29, 0.717) is 6.54 Å². The zero-order valence-corrected chi connectivity index (χ0v) is 10.8. The van der Waals surface area contributed by atoms with E-state index in [1.165, 1.54) is 23.4 Å². The maximum Gasteiger partial charge on any atom is 0.273 e. The van der Waals surface area contributed by atoms with Crippen LogP contribution in [0, 0.1) is 6.92 Å². The molecule has 0 aliphatic rings. The number of hydrogen-bond acceptors (Lipinski definition) is 3. The first-order valence-electron chi connectivity index (χ1n) is 6.15. The second kappa shape index (κ2) is 6.00. The smallest absolute Gasteiger partial charge is 0.273 e. The average molecular weight is 256 g/mol. The minimum absolute atomic E-state index is 0.0623. The van der Waals surface area contributed by atoms with Crippen LogP contribution in [0.5, 0.6) is 5.75 Å². The van der Waals surface area contributed by atoms with Crippen molar-refractivity contribution >= 4 is 5.91 Å². The fourth-order valence-electron chi connectivity index (χ4n) is 1.86. The van der Waals surface area contributed by atoms with Crippen LogP contribution in [0.25, 0.3) is 0 Å². The zero-order chi connectivity index (χ0) is 13.7. The molecular weight excluding hydrogens is 240 g/mol. The van der Waals surface area contributed by atoms with Gasteiger partial charge in [-0.2, -0.15) is 0 Å². The highest BCUT2D eigenvalue weighted by Gasteiger charge is 2.11. The van der Waals surface area contributed by atoms with Gasteiger partial charge in [-0.05, 0) is 36.6 Å². The van der Waals surface area contributed by atoms with Gasteiger partial charge in [-0.15, -0.1) is 0 Å². The van der Waals surface area contributed by atoms with Crippen molar-refractivity contribution in [2.75, 3.05) is 6.54 Å². The van der Waals surface area contributed by atoms with Crippen LogP contribution in [0.3, 0.4) is 0 Å². The molecule has 1 heterocycles. The lowest BCUT2D eigenvalue weighted by Crippen LogP contribution is -2.26. The predicted octanol–water partition coefficient (Wildman–Crippen LogP) is 2.07. The Bertz CT molecular complexity index is 582. The summed E-state index contributed by atoms with van der Waals surface area (Å²) in [5, 5.41) is 12.3. The first-order chi connectivity index (χ1) is 9.18. The topological polar surface area (TPSA) is 62.2 Å². The molecule has 0 spiro atoms. The first kappa shape index (κ1) is 13.1. The van der Waals surface area contributed by atoms with Gasteiger partial charge in [0.1, 0.15) is 5.75 Å². The van der Waals surface area contributed by atoms with Crippen LogP contribution in [-0.4, -0.2) is 22.5 Å². The molecule has 0 bridgehead atoms. The number of aromatic nitrogens is 1. The van der Waals surface area contributed by atoms with Gasteiger partial charge in [0.2, 0.25) is 0 Å². The van der Waals surface area contributed by atoms with Crippen molar-refractivity contribution < 1.29 is 9.90 Å². The summed E-state index contributed by atoms with van der Waals surface area (Å²) >= 11 is 0. The summed E-state index contributed by atoms with van der Waals surface area (Å²) in [5.74, 6) is -0.456. The van der Waals surface area contributed by atoms with Gasteiger partial charge in [0, 0.05) is 12.7 Å². The number of hydrogen-bond donors (Lipinski definition) is 2. The summed E-state index contributed by atoms with van der Waals surface area (Å²) in [6, 6.07) is 11.1. The largest absolute Gasteiger partial charge is 0.505 e. The predicted molar refractivity (Wildman–Crippen MR) is 73.1 cm³/mol. The third kappa shape index (κ3) is 3.31. The second-order valence-corrected chi connectivity index (χ2v) is 4.30. The van der Waals surface area contributed by atoms with Crippen LogP contribution < -0.4 is 5.32 Å². The van der Waals surface area contributed by atoms with E-state index in [-0.39, 0.29) is 17.4 Å². The van der Waals surface area contributed by atoms with E-state index in [0.717, 1.165) is 6.42 Å². The van der Waals surface area contributed by atoms with Crippen molar-refractivity contribution in [3.63, 3.8) is 0 Å². The Balaban J connectivity index is 1.92. The number of nitrogens with one attached hydrogen (secondary N) is 1. The normalized spacial score (nSPS) is 10.2. The Labute approximate surface area is 112 Å². The van der Waals surface area contributed by atoms with Gasteiger partial charge in [-0.1, -0.05) is 24.3 Å². The van der Waals surface area contributed by atoms with Crippen LogP contribution in [-0.2, 0) is 6.42 Å². The molecule has 0 unspecified atom stereocenters. The van der Waals surface area contributed by atoms with Gasteiger partial charge in [0.15, 0.2) is 5.69 Å². The number of aromatic hydroxyl groups is 1. The van der Waals surface area contributed by atoms with Crippen molar-refractivity contribution in [2.24, 2.45) is 0 Å². The lowest BCUT2D eigenvalue weighted by Gasteiger charge is -2.07. The Morgan fingerprint density at radius 2 is 2.05 bits per heavy atom. The van der Waals surface area contributed by atoms with Gasteiger partial charge in [-0.3, -0.25) is 4.79 Å². The van der Waals surface area contributed by atoms with Crippen molar-refractivity contribution in [1.29, 1.82) is 0 Å². The highest BCUT2D eigenvalue weighted by molar-refractivity contribution is 5.94. The molecule has 0 atom stereocenters. The monoisotopic (exact) mass is 256 g/mol. The van der Waals surface area contributed by atoms with Crippen molar-refractivity contribution in [2.45, 2.75) is 13.3 Å². The maximum absolute atomic E-state index is 11.8. The maximum atomic E-state index is 11.8. The van der Waals surface area contributed by atoms with Crippen LogP contribution in [0.1, 0.15) is 21.6 Å². The summed E-state index contributed by atoms with van der Waals surface area (Å²) < 4.78 is 0. The van der Waals surface area contributed by atoms with E-state index in [1.807, 2.05) is 31.2 Å². The summed E-state index contributed by atoms with van der Waals surface area (Å²) in [6.45, 7) is 2.56. The van der Waals surface area contributed by atoms with Gasteiger partial charge < -0.3 is 10.4 Å². The molecule has 1 amide bonds.